The van der Waals surface area contributed by atoms with E-state index in [0.717, 1.165) is 23.5 Å². The molecule has 0 amide bonds. The zero-order valence-corrected chi connectivity index (χ0v) is 12.1. The molecule has 1 aromatic heterocycles. The van der Waals surface area contributed by atoms with E-state index in [-0.39, 0.29) is 5.82 Å². The molecule has 5 heteroatoms. The summed E-state index contributed by atoms with van der Waals surface area (Å²) in [4.78, 5) is 4.42. The van der Waals surface area contributed by atoms with Crippen LogP contribution in [0.2, 0.25) is 0 Å². The van der Waals surface area contributed by atoms with Crippen LogP contribution in [0, 0.1) is 5.82 Å². The summed E-state index contributed by atoms with van der Waals surface area (Å²) in [7, 11) is 0. The van der Waals surface area contributed by atoms with Gasteiger partial charge in [-0.05, 0) is 24.8 Å². The lowest BCUT2D eigenvalue weighted by Gasteiger charge is -2.18. The fourth-order valence-corrected chi connectivity index (χ4v) is 3.15. The van der Waals surface area contributed by atoms with Gasteiger partial charge in [-0.2, -0.15) is 11.8 Å². The molecule has 18 heavy (non-hydrogen) atoms. The Kier molecular flexibility index (Phi) is 4.51. The van der Waals surface area contributed by atoms with Gasteiger partial charge in [0.25, 0.3) is 0 Å². The Morgan fingerprint density at radius 2 is 2.28 bits per heavy atom. The third kappa shape index (κ3) is 2.50. The maximum absolute atomic E-state index is 13.2. The molecule has 0 aliphatic rings. The largest absolute Gasteiger partial charge is 0.323 e. The highest BCUT2D eigenvalue weighted by Gasteiger charge is 2.17. The Labute approximate surface area is 116 Å². The van der Waals surface area contributed by atoms with Crippen LogP contribution in [0.4, 0.5) is 4.39 Å². The molecule has 0 N–H and O–H groups in total. The van der Waals surface area contributed by atoms with Crippen molar-refractivity contribution >= 4 is 34.4 Å². The van der Waals surface area contributed by atoms with Crippen LogP contribution in [0.25, 0.3) is 11.0 Å². The van der Waals surface area contributed by atoms with Gasteiger partial charge >= 0.3 is 0 Å². The first kappa shape index (κ1) is 13.7. The van der Waals surface area contributed by atoms with Crippen LogP contribution in [0.3, 0.4) is 0 Å². The fourth-order valence-electron chi connectivity index (χ4n) is 2.19. The van der Waals surface area contributed by atoms with Gasteiger partial charge in [-0.1, -0.05) is 6.92 Å². The van der Waals surface area contributed by atoms with Gasteiger partial charge in [0, 0.05) is 17.9 Å². The van der Waals surface area contributed by atoms with Crippen molar-refractivity contribution in [3.05, 3.63) is 29.8 Å². The number of hydrogen-bond acceptors (Lipinski definition) is 2. The molecule has 0 saturated carbocycles. The molecule has 0 fully saturated rings. The summed E-state index contributed by atoms with van der Waals surface area (Å²) < 4.78 is 15.4. The SMILES string of the molecule is CCC(CSC)n1c(CCl)nc2cc(F)ccc21. The summed E-state index contributed by atoms with van der Waals surface area (Å²) in [6.07, 6.45) is 3.09. The van der Waals surface area contributed by atoms with Gasteiger partial charge in [-0.25, -0.2) is 9.37 Å². The van der Waals surface area contributed by atoms with Crippen molar-refractivity contribution < 1.29 is 4.39 Å². The molecule has 2 aromatic rings. The smallest absolute Gasteiger partial charge is 0.125 e. The quantitative estimate of drug-likeness (QED) is 0.766. The minimum absolute atomic E-state index is 0.258. The molecular formula is C13H16ClFN2S. The second kappa shape index (κ2) is 5.93. The standard InChI is InChI=1S/C13H16ClFN2S/c1-3-10(8-18-2)17-12-5-4-9(15)6-11(12)16-13(17)7-14/h4-6,10H,3,7-8H2,1-2H3. The molecule has 0 spiro atoms. The molecule has 0 saturated heterocycles. The van der Waals surface area contributed by atoms with Crippen LogP contribution in [-0.2, 0) is 5.88 Å². The zero-order valence-electron chi connectivity index (χ0n) is 10.5. The Bertz CT molecular complexity index is 541. The van der Waals surface area contributed by atoms with Crippen molar-refractivity contribution in [2.45, 2.75) is 25.3 Å². The summed E-state index contributed by atoms with van der Waals surface area (Å²) in [6, 6.07) is 5.08. The highest BCUT2D eigenvalue weighted by molar-refractivity contribution is 7.98. The lowest BCUT2D eigenvalue weighted by molar-refractivity contribution is 0.538. The normalized spacial score (nSPS) is 13.1. The average molecular weight is 287 g/mol. The first-order chi connectivity index (χ1) is 8.71. The predicted octanol–water partition coefficient (Wildman–Crippen LogP) is 4.23. The fraction of sp³-hybridized carbons (Fsp3) is 0.462. The van der Waals surface area contributed by atoms with Gasteiger partial charge in [0.1, 0.15) is 11.6 Å². The minimum atomic E-state index is -0.258. The van der Waals surface area contributed by atoms with Crippen molar-refractivity contribution in [3.63, 3.8) is 0 Å². The van der Waals surface area contributed by atoms with Crippen LogP contribution in [0.5, 0.6) is 0 Å². The van der Waals surface area contributed by atoms with Crippen molar-refractivity contribution in [3.8, 4) is 0 Å². The summed E-state index contributed by atoms with van der Waals surface area (Å²) in [5.41, 5.74) is 1.65. The number of hydrogen-bond donors (Lipinski definition) is 0. The topological polar surface area (TPSA) is 17.8 Å². The van der Waals surface area contributed by atoms with E-state index in [1.165, 1.54) is 12.1 Å². The van der Waals surface area contributed by atoms with Crippen molar-refractivity contribution in [1.82, 2.24) is 9.55 Å². The monoisotopic (exact) mass is 286 g/mol. The molecule has 0 radical (unpaired) electrons. The van der Waals surface area contributed by atoms with E-state index >= 15 is 0 Å². The van der Waals surface area contributed by atoms with E-state index in [9.17, 15) is 4.39 Å². The number of thioether (sulfide) groups is 1. The second-order valence-corrected chi connectivity index (χ2v) is 5.36. The molecule has 2 rings (SSSR count). The Hall–Kier alpha value is -0.740. The van der Waals surface area contributed by atoms with E-state index in [1.807, 2.05) is 0 Å². The lowest BCUT2D eigenvalue weighted by atomic mass is 10.2. The van der Waals surface area contributed by atoms with Gasteiger partial charge in [-0.3, -0.25) is 0 Å². The number of fused-ring (bicyclic) bond motifs is 1. The zero-order chi connectivity index (χ0) is 13.1. The highest BCUT2D eigenvalue weighted by atomic mass is 35.5. The maximum atomic E-state index is 13.2. The number of benzene rings is 1. The number of alkyl halides is 1. The van der Waals surface area contributed by atoms with Crippen LogP contribution < -0.4 is 0 Å². The number of nitrogens with zero attached hydrogens (tertiary/aromatic N) is 2. The van der Waals surface area contributed by atoms with Crippen molar-refractivity contribution in [2.24, 2.45) is 0 Å². The molecule has 1 unspecified atom stereocenters. The van der Waals surface area contributed by atoms with Crippen LogP contribution >= 0.6 is 23.4 Å². The number of imidazole rings is 1. The summed E-state index contributed by atoms with van der Waals surface area (Å²) >= 11 is 7.76. The van der Waals surface area contributed by atoms with Gasteiger partial charge in [0.15, 0.2) is 0 Å². The summed E-state index contributed by atoms with van der Waals surface area (Å²) in [5.74, 6) is 1.91. The third-order valence-electron chi connectivity index (χ3n) is 3.04. The first-order valence-electron chi connectivity index (χ1n) is 5.92. The number of halogens is 2. The summed E-state index contributed by atoms with van der Waals surface area (Å²) in [6.45, 7) is 2.15. The van der Waals surface area contributed by atoms with Gasteiger partial charge in [0.2, 0.25) is 0 Å². The van der Waals surface area contributed by atoms with Crippen molar-refractivity contribution in [1.29, 1.82) is 0 Å². The molecular weight excluding hydrogens is 271 g/mol. The van der Waals surface area contributed by atoms with Gasteiger partial charge in [0.05, 0.1) is 16.9 Å². The number of rotatable bonds is 5. The second-order valence-electron chi connectivity index (χ2n) is 4.18. The van der Waals surface area contributed by atoms with Crippen molar-refractivity contribution in [2.75, 3.05) is 12.0 Å². The Morgan fingerprint density at radius 3 is 2.89 bits per heavy atom. The van der Waals surface area contributed by atoms with E-state index in [2.05, 4.69) is 22.7 Å². The van der Waals surface area contributed by atoms with E-state index in [4.69, 9.17) is 11.6 Å². The minimum Gasteiger partial charge on any atom is -0.323 e. The highest BCUT2D eigenvalue weighted by Crippen LogP contribution is 2.26. The molecule has 1 heterocycles. The summed E-state index contributed by atoms with van der Waals surface area (Å²) in [5, 5.41) is 0. The molecule has 0 aliphatic heterocycles. The van der Waals surface area contributed by atoms with E-state index in [1.54, 1.807) is 17.8 Å². The predicted molar refractivity (Wildman–Crippen MR) is 77.0 cm³/mol. The Balaban J connectivity index is 2.58. The third-order valence-corrected chi connectivity index (χ3v) is 4.00. The molecule has 2 nitrogen and oxygen atoms in total. The molecule has 0 bridgehead atoms. The maximum Gasteiger partial charge on any atom is 0.125 e. The molecule has 1 atom stereocenters. The molecule has 98 valence electrons. The van der Waals surface area contributed by atoms with Crippen LogP contribution in [0.15, 0.2) is 18.2 Å². The van der Waals surface area contributed by atoms with E-state index in [0.29, 0.717) is 17.4 Å². The molecule has 0 aliphatic carbocycles. The van der Waals surface area contributed by atoms with E-state index < -0.39 is 0 Å². The van der Waals surface area contributed by atoms with Crippen LogP contribution in [0.1, 0.15) is 25.2 Å². The van der Waals surface area contributed by atoms with Gasteiger partial charge in [-0.15, -0.1) is 11.6 Å². The first-order valence-corrected chi connectivity index (χ1v) is 7.85. The lowest BCUT2D eigenvalue weighted by Crippen LogP contribution is -2.13. The van der Waals surface area contributed by atoms with Gasteiger partial charge < -0.3 is 4.57 Å². The van der Waals surface area contributed by atoms with Crippen LogP contribution in [-0.4, -0.2) is 21.6 Å². The average Bonchev–Trinajstić information content (AvgIpc) is 2.73. The Morgan fingerprint density at radius 1 is 1.50 bits per heavy atom. The molecule has 1 aromatic carbocycles. The number of aromatic nitrogens is 2.